The van der Waals surface area contributed by atoms with Crippen molar-refractivity contribution in [3.8, 4) is 0 Å². The van der Waals surface area contributed by atoms with Crippen LogP contribution < -0.4 is 10.6 Å². The summed E-state index contributed by atoms with van der Waals surface area (Å²) >= 11 is 0. The smallest absolute Gasteiger partial charge is 0.156 e. The van der Waals surface area contributed by atoms with Gasteiger partial charge in [0.05, 0.1) is 17.6 Å². The van der Waals surface area contributed by atoms with Crippen LogP contribution in [-0.4, -0.2) is 40.1 Å². The number of anilines is 1. The van der Waals surface area contributed by atoms with Gasteiger partial charge in [0.25, 0.3) is 0 Å². The number of hydrogen-bond acceptors (Lipinski definition) is 6. The van der Waals surface area contributed by atoms with Crippen molar-refractivity contribution in [3.63, 3.8) is 0 Å². The second kappa shape index (κ2) is 7.01. The molecule has 2 aromatic heterocycles. The van der Waals surface area contributed by atoms with Gasteiger partial charge < -0.3 is 20.4 Å². The second-order valence-corrected chi connectivity index (χ2v) is 6.99. The highest BCUT2D eigenvalue weighted by atomic mass is 16.5. The van der Waals surface area contributed by atoms with Crippen LogP contribution in [0.1, 0.15) is 36.1 Å². The lowest BCUT2D eigenvalue weighted by atomic mass is 9.78. The first-order chi connectivity index (χ1) is 12.6. The van der Waals surface area contributed by atoms with E-state index in [-0.39, 0.29) is 6.04 Å². The molecule has 3 aromatic rings. The number of nitrogens with two attached hydrogens (primary N) is 1. The van der Waals surface area contributed by atoms with E-state index in [2.05, 4.69) is 30.9 Å². The van der Waals surface area contributed by atoms with Crippen LogP contribution in [0.2, 0.25) is 0 Å². The van der Waals surface area contributed by atoms with Crippen molar-refractivity contribution < 1.29 is 4.74 Å². The van der Waals surface area contributed by atoms with Gasteiger partial charge in [-0.3, -0.25) is 0 Å². The van der Waals surface area contributed by atoms with E-state index in [0.717, 1.165) is 41.2 Å². The number of para-hydroxylation sites is 2. The fourth-order valence-electron chi connectivity index (χ4n) is 3.39. The van der Waals surface area contributed by atoms with Crippen LogP contribution in [0.25, 0.3) is 11.0 Å². The Balaban J connectivity index is 1.58. The number of aromatic nitrogens is 4. The van der Waals surface area contributed by atoms with Crippen LogP contribution in [0.4, 0.5) is 5.82 Å². The molecule has 2 heterocycles. The molecule has 7 heteroatoms. The van der Waals surface area contributed by atoms with Gasteiger partial charge in [0.15, 0.2) is 5.82 Å². The molecule has 26 heavy (non-hydrogen) atoms. The van der Waals surface area contributed by atoms with E-state index >= 15 is 0 Å². The summed E-state index contributed by atoms with van der Waals surface area (Å²) in [4.78, 5) is 19.4. The zero-order valence-corrected chi connectivity index (χ0v) is 15.1. The molecule has 0 atom stereocenters. The number of ether oxygens (including phenoxy) is 1. The molecule has 136 valence electrons. The number of nitrogens with zero attached hydrogens (tertiary/aromatic N) is 4. The molecule has 1 aliphatic carbocycles. The molecule has 7 nitrogen and oxygen atoms in total. The Labute approximate surface area is 152 Å². The van der Waals surface area contributed by atoms with Crippen molar-refractivity contribution in [2.75, 3.05) is 19.1 Å². The maximum absolute atomic E-state index is 5.95. The highest BCUT2D eigenvalue weighted by molar-refractivity contribution is 5.74. The standard InChI is InChI=1S/C19H24N6O/c1-25(10-17-21-14-5-3-4-6-15(14)22-17)19-9-16(12-7-13(20)8-12)23-18(24-19)11-26-2/h3-6,9,12-13H,7-8,10-11,20H2,1-2H3,(H,21,22). The minimum Gasteiger partial charge on any atom is -0.377 e. The molecule has 1 aliphatic rings. The first kappa shape index (κ1) is 16.9. The first-order valence-electron chi connectivity index (χ1n) is 8.89. The number of fused-ring (bicyclic) bond motifs is 1. The average molecular weight is 352 g/mol. The zero-order chi connectivity index (χ0) is 18.1. The van der Waals surface area contributed by atoms with Gasteiger partial charge in [-0.15, -0.1) is 0 Å². The van der Waals surface area contributed by atoms with E-state index in [1.54, 1.807) is 7.11 Å². The Kier molecular flexibility index (Phi) is 4.57. The van der Waals surface area contributed by atoms with Crippen molar-refractivity contribution in [1.82, 2.24) is 19.9 Å². The lowest BCUT2D eigenvalue weighted by molar-refractivity contribution is 0.177. The Morgan fingerprint density at radius 1 is 1.23 bits per heavy atom. The summed E-state index contributed by atoms with van der Waals surface area (Å²) in [5.41, 5.74) is 9.02. The van der Waals surface area contributed by atoms with Crippen molar-refractivity contribution in [3.05, 3.63) is 47.7 Å². The summed E-state index contributed by atoms with van der Waals surface area (Å²) in [5, 5.41) is 0. The molecule has 0 spiro atoms. The summed E-state index contributed by atoms with van der Waals surface area (Å²) in [7, 11) is 3.68. The zero-order valence-electron chi connectivity index (χ0n) is 15.1. The number of methoxy groups -OCH3 is 1. The van der Waals surface area contributed by atoms with Gasteiger partial charge in [-0.25, -0.2) is 15.0 Å². The van der Waals surface area contributed by atoms with Gasteiger partial charge in [-0.05, 0) is 25.0 Å². The van der Waals surface area contributed by atoms with Gasteiger partial charge in [0.2, 0.25) is 0 Å². The molecule has 0 aliphatic heterocycles. The van der Waals surface area contributed by atoms with E-state index < -0.39 is 0 Å². The number of hydrogen-bond donors (Lipinski definition) is 2. The number of benzene rings is 1. The van der Waals surface area contributed by atoms with Crippen molar-refractivity contribution in [2.45, 2.75) is 38.0 Å². The van der Waals surface area contributed by atoms with E-state index in [0.29, 0.717) is 24.9 Å². The molecule has 0 radical (unpaired) electrons. The predicted octanol–water partition coefficient (Wildman–Crippen LogP) is 2.34. The van der Waals surface area contributed by atoms with Gasteiger partial charge in [-0.1, -0.05) is 12.1 Å². The topological polar surface area (TPSA) is 93.0 Å². The quantitative estimate of drug-likeness (QED) is 0.707. The van der Waals surface area contributed by atoms with Crippen molar-refractivity contribution in [2.24, 2.45) is 5.73 Å². The largest absolute Gasteiger partial charge is 0.377 e. The fourth-order valence-corrected chi connectivity index (χ4v) is 3.39. The Morgan fingerprint density at radius 3 is 2.77 bits per heavy atom. The third-order valence-corrected chi connectivity index (χ3v) is 4.86. The molecule has 1 fully saturated rings. The third-order valence-electron chi connectivity index (χ3n) is 4.86. The lowest BCUT2D eigenvalue weighted by Crippen LogP contribution is -2.35. The number of H-pyrrole nitrogens is 1. The Bertz CT molecular complexity index is 869. The molecule has 1 saturated carbocycles. The maximum Gasteiger partial charge on any atom is 0.156 e. The summed E-state index contributed by atoms with van der Waals surface area (Å²) in [5.74, 6) is 2.91. The van der Waals surface area contributed by atoms with E-state index in [1.165, 1.54) is 0 Å². The number of imidazole rings is 1. The molecule has 0 unspecified atom stereocenters. The molecule has 0 saturated heterocycles. The van der Waals surface area contributed by atoms with E-state index in [1.807, 2.05) is 31.3 Å². The lowest BCUT2D eigenvalue weighted by Gasteiger charge is -2.32. The second-order valence-electron chi connectivity index (χ2n) is 6.99. The van der Waals surface area contributed by atoms with Gasteiger partial charge in [-0.2, -0.15) is 0 Å². The summed E-state index contributed by atoms with van der Waals surface area (Å²) < 4.78 is 5.24. The number of aromatic amines is 1. The maximum atomic E-state index is 5.95. The summed E-state index contributed by atoms with van der Waals surface area (Å²) in [6, 6.07) is 10.4. The third kappa shape index (κ3) is 3.40. The highest BCUT2D eigenvalue weighted by Crippen LogP contribution is 2.35. The predicted molar refractivity (Wildman–Crippen MR) is 101 cm³/mol. The Morgan fingerprint density at radius 2 is 2.04 bits per heavy atom. The number of nitrogens with one attached hydrogen (secondary N) is 1. The molecule has 1 aromatic carbocycles. The van der Waals surface area contributed by atoms with Crippen LogP contribution in [0.3, 0.4) is 0 Å². The molecular weight excluding hydrogens is 328 g/mol. The van der Waals surface area contributed by atoms with E-state index in [9.17, 15) is 0 Å². The van der Waals surface area contributed by atoms with Gasteiger partial charge >= 0.3 is 0 Å². The first-order valence-corrected chi connectivity index (χ1v) is 8.89. The number of rotatable bonds is 6. The van der Waals surface area contributed by atoms with Crippen molar-refractivity contribution >= 4 is 16.9 Å². The van der Waals surface area contributed by atoms with E-state index in [4.69, 9.17) is 10.5 Å². The van der Waals surface area contributed by atoms with Crippen LogP contribution in [0, 0.1) is 0 Å². The van der Waals surface area contributed by atoms with Gasteiger partial charge in [0, 0.05) is 37.9 Å². The monoisotopic (exact) mass is 352 g/mol. The molecular formula is C19H24N6O. The normalized spacial score (nSPS) is 19.5. The summed E-state index contributed by atoms with van der Waals surface area (Å²) in [6.07, 6.45) is 1.96. The molecule has 4 rings (SSSR count). The van der Waals surface area contributed by atoms with Crippen molar-refractivity contribution in [1.29, 1.82) is 0 Å². The average Bonchev–Trinajstić information content (AvgIpc) is 3.01. The van der Waals surface area contributed by atoms with Crippen LogP contribution in [-0.2, 0) is 17.9 Å². The van der Waals surface area contributed by atoms with Gasteiger partial charge in [0.1, 0.15) is 18.2 Å². The molecule has 0 bridgehead atoms. The Hall–Kier alpha value is -2.51. The van der Waals surface area contributed by atoms with Crippen LogP contribution >= 0.6 is 0 Å². The van der Waals surface area contributed by atoms with Crippen LogP contribution in [0.5, 0.6) is 0 Å². The molecule has 0 amide bonds. The van der Waals surface area contributed by atoms with Crippen LogP contribution in [0.15, 0.2) is 30.3 Å². The fraction of sp³-hybridized carbons (Fsp3) is 0.421. The SMILES string of the molecule is COCc1nc(C2CC(N)C2)cc(N(C)Cc2nc3ccccc3[nH]2)n1. The summed E-state index contributed by atoms with van der Waals surface area (Å²) in [6.45, 7) is 1.04. The highest BCUT2D eigenvalue weighted by Gasteiger charge is 2.29. The minimum absolute atomic E-state index is 0.289. The minimum atomic E-state index is 0.289. The molecule has 3 N–H and O–H groups in total.